The van der Waals surface area contributed by atoms with E-state index < -0.39 is 41.5 Å². The van der Waals surface area contributed by atoms with Gasteiger partial charge in [0.25, 0.3) is 0 Å². The molecule has 0 radical (unpaired) electrons. The Labute approximate surface area is 174 Å². The molecule has 2 aromatic rings. The van der Waals surface area contributed by atoms with Crippen molar-refractivity contribution < 1.29 is 27.5 Å². The van der Waals surface area contributed by atoms with Gasteiger partial charge in [-0.25, -0.2) is 13.2 Å². The fourth-order valence-electron chi connectivity index (χ4n) is 2.51. The monoisotopic (exact) mass is 473 g/mol. The molecule has 0 saturated heterocycles. The maximum absolute atomic E-state index is 13.6. The molecule has 0 bridgehead atoms. The van der Waals surface area contributed by atoms with Gasteiger partial charge in [-0.3, -0.25) is 14.5 Å². The van der Waals surface area contributed by atoms with Gasteiger partial charge in [0.15, 0.2) is 17.5 Å². The number of methoxy groups -OCH3 is 1. The Morgan fingerprint density at radius 2 is 1.83 bits per heavy atom. The van der Waals surface area contributed by atoms with Crippen LogP contribution in [0.5, 0.6) is 5.75 Å². The summed E-state index contributed by atoms with van der Waals surface area (Å²) in [4.78, 5) is 25.6. The zero-order chi connectivity index (χ0) is 21.6. The average molecular weight is 474 g/mol. The lowest BCUT2D eigenvalue weighted by atomic mass is 10.2. The van der Waals surface area contributed by atoms with Gasteiger partial charge in [-0.2, -0.15) is 0 Å². The number of nitrogens with zero attached hydrogens (tertiary/aromatic N) is 1. The van der Waals surface area contributed by atoms with Crippen LogP contribution >= 0.6 is 15.9 Å². The third-order valence-electron chi connectivity index (χ3n) is 3.85. The normalized spacial score (nSPS) is 10.7. The summed E-state index contributed by atoms with van der Waals surface area (Å²) in [5.41, 5.74) is 0.353. The van der Waals surface area contributed by atoms with Gasteiger partial charge in [0.05, 0.1) is 25.9 Å². The van der Waals surface area contributed by atoms with E-state index in [1.165, 1.54) is 0 Å². The van der Waals surface area contributed by atoms with Crippen LogP contribution in [0.15, 0.2) is 34.8 Å². The molecule has 0 atom stereocenters. The van der Waals surface area contributed by atoms with Crippen LogP contribution in [0.3, 0.4) is 0 Å². The summed E-state index contributed by atoms with van der Waals surface area (Å²) in [6.45, 7) is -0.0455. The van der Waals surface area contributed by atoms with E-state index >= 15 is 0 Å². The number of carbonyl (C=O) groups excluding carboxylic acids is 2. The fraction of sp³-hybridized carbons (Fsp3) is 0.263. The number of rotatable bonds is 8. The molecule has 6 nitrogen and oxygen atoms in total. The van der Waals surface area contributed by atoms with Gasteiger partial charge < -0.3 is 15.4 Å². The number of anilines is 1. The van der Waals surface area contributed by atoms with Crippen LogP contribution in [0.25, 0.3) is 0 Å². The Kier molecular flexibility index (Phi) is 8.03. The molecule has 0 aliphatic heterocycles. The van der Waals surface area contributed by atoms with Crippen LogP contribution in [-0.4, -0.2) is 44.0 Å². The Morgan fingerprint density at radius 1 is 1.10 bits per heavy atom. The lowest BCUT2D eigenvalue weighted by Crippen LogP contribution is -2.39. The topological polar surface area (TPSA) is 70.7 Å². The van der Waals surface area contributed by atoms with E-state index in [1.807, 2.05) is 12.1 Å². The van der Waals surface area contributed by atoms with E-state index in [4.69, 9.17) is 4.74 Å². The van der Waals surface area contributed by atoms with Crippen molar-refractivity contribution in [2.75, 3.05) is 32.6 Å². The van der Waals surface area contributed by atoms with Gasteiger partial charge in [-0.05, 0) is 37.4 Å². The number of ether oxygens (including phenoxy) is 1. The first kappa shape index (κ1) is 22.7. The molecule has 10 heteroatoms. The lowest BCUT2D eigenvalue weighted by Gasteiger charge is -2.18. The number of hydrogen-bond donors (Lipinski definition) is 2. The Balaban J connectivity index is 1.84. The summed E-state index contributed by atoms with van der Waals surface area (Å²) < 4.78 is 45.8. The van der Waals surface area contributed by atoms with Crippen LogP contribution in [0.4, 0.5) is 18.9 Å². The third kappa shape index (κ3) is 6.47. The number of halogens is 4. The van der Waals surface area contributed by atoms with Crippen LogP contribution < -0.4 is 15.4 Å². The van der Waals surface area contributed by atoms with Crippen LogP contribution in [-0.2, 0) is 16.1 Å². The van der Waals surface area contributed by atoms with Crippen molar-refractivity contribution in [2.45, 2.75) is 6.54 Å². The number of carbonyl (C=O) groups is 2. The molecule has 29 heavy (non-hydrogen) atoms. The van der Waals surface area contributed by atoms with Crippen molar-refractivity contribution in [2.24, 2.45) is 0 Å². The van der Waals surface area contributed by atoms with Crippen LogP contribution in [0.2, 0.25) is 0 Å². The van der Waals surface area contributed by atoms with Crippen molar-refractivity contribution in [3.63, 3.8) is 0 Å². The zero-order valence-electron chi connectivity index (χ0n) is 15.7. The number of likely N-dealkylation sites (N-methyl/N-ethyl adjacent to an activating group) is 1. The highest BCUT2D eigenvalue weighted by Gasteiger charge is 2.16. The quantitative estimate of drug-likeness (QED) is 0.578. The maximum Gasteiger partial charge on any atom is 0.243 e. The summed E-state index contributed by atoms with van der Waals surface area (Å²) in [6, 6.07) is 7.10. The van der Waals surface area contributed by atoms with Gasteiger partial charge >= 0.3 is 0 Å². The summed E-state index contributed by atoms with van der Waals surface area (Å²) in [7, 11) is 3.27. The third-order valence-corrected chi connectivity index (χ3v) is 4.34. The second-order valence-corrected chi connectivity index (χ2v) is 7.09. The highest BCUT2D eigenvalue weighted by atomic mass is 79.9. The first-order chi connectivity index (χ1) is 13.7. The average Bonchev–Trinajstić information content (AvgIpc) is 2.67. The Bertz CT molecular complexity index is 912. The van der Waals surface area contributed by atoms with Crippen molar-refractivity contribution in [1.82, 2.24) is 10.2 Å². The Hall–Kier alpha value is -2.59. The van der Waals surface area contributed by atoms with Gasteiger partial charge in [-0.15, -0.1) is 0 Å². The first-order valence-corrected chi connectivity index (χ1v) is 9.21. The molecule has 0 saturated carbocycles. The summed E-state index contributed by atoms with van der Waals surface area (Å²) in [5, 5.41) is 4.46. The predicted molar refractivity (Wildman–Crippen MR) is 105 cm³/mol. The minimum absolute atomic E-state index is 0.0114. The predicted octanol–water partition coefficient (Wildman–Crippen LogP) is 3.06. The SMILES string of the molecule is COc1ccc(Br)cc1CN(C)CC(=O)NCC(=O)Nc1ccc(F)c(F)c1F. The molecule has 2 amide bonds. The number of benzene rings is 2. The lowest BCUT2D eigenvalue weighted by molar-refractivity contribution is -0.124. The van der Waals surface area contributed by atoms with E-state index in [1.54, 1.807) is 25.1 Å². The highest BCUT2D eigenvalue weighted by Crippen LogP contribution is 2.24. The van der Waals surface area contributed by atoms with Gasteiger partial charge in [0.1, 0.15) is 5.75 Å². The van der Waals surface area contributed by atoms with E-state index in [9.17, 15) is 22.8 Å². The van der Waals surface area contributed by atoms with Gasteiger partial charge in [0.2, 0.25) is 11.8 Å². The minimum atomic E-state index is -1.68. The molecule has 0 aliphatic rings. The highest BCUT2D eigenvalue weighted by molar-refractivity contribution is 9.10. The van der Waals surface area contributed by atoms with E-state index in [2.05, 4.69) is 26.6 Å². The molecule has 2 rings (SSSR count). The molecular weight excluding hydrogens is 455 g/mol. The molecule has 0 heterocycles. The van der Waals surface area contributed by atoms with E-state index in [-0.39, 0.29) is 6.54 Å². The van der Waals surface area contributed by atoms with Crippen molar-refractivity contribution in [3.8, 4) is 5.75 Å². The minimum Gasteiger partial charge on any atom is -0.496 e. The van der Waals surface area contributed by atoms with Crippen LogP contribution in [0.1, 0.15) is 5.56 Å². The largest absolute Gasteiger partial charge is 0.496 e. The first-order valence-electron chi connectivity index (χ1n) is 8.42. The molecule has 2 aromatic carbocycles. The molecular formula is C19H19BrF3N3O3. The van der Waals surface area contributed by atoms with E-state index in [0.29, 0.717) is 18.4 Å². The molecule has 0 aliphatic carbocycles. The zero-order valence-corrected chi connectivity index (χ0v) is 17.3. The molecule has 0 spiro atoms. The van der Waals surface area contributed by atoms with Gasteiger partial charge in [-0.1, -0.05) is 15.9 Å². The fourth-order valence-corrected chi connectivity index (χ4v) is 2.92. The molecule has 2 N–H and O–H groups in total. The van der Waals surface area contributed by atoms with Crippen molar-refractivity contribution >= 4 is 33.4 Å². The summed E-state index contributed by atoms with van der Waals surface area (Å²) in [5.74, 6) is -5.10. The van der Waals surface area contributed by atoms with E-state index in [0.717, 1.165) is 16.1 Å². The Morgan fingerprint density at radius 3 is 2.52 bits per heavy atom. The van der Waals surface area contributed by atoms with Crippen molar-refractivity contribution in [1.29, 1.82) is 0 Å². The summed E-state index contributed by atoms with van der Waals surface area (Å²) >= 11 is 3.38. The maximum atomic E-state index is 13.6. The van der Waals surface area contributed by atoms with Gasteiger partial charge in [0, 0.05) is 16.6 Å². The smallest absolute Gasteiger partial charge is 0.243 e. The number of amides is 2. The second-order valence-electron chi connectivity index (χ2n) is 6.18. The standard InChI is InChI=1S/C19H19BrF3N3O3/c1-26(9-11-7-12(20)3-6-15(11)29-2)10-17(28)24-8-16(27)25-14-5-4-13(21)18(22)19(14)23/h3-7H,8-10H2,1-2H3,(H,24,28)(H,25,27). The molecule has 0 fully saturated rings. The number of nitrogens with one attached hydrogen (secondary N) is 2. The second kappa shape index (κ2) is 10.3. The molecule has 156 valence electrons. The number of hydrogen-bond acceptors (Lipinski definition) is 4. The summed E-state index contributed by atoms with van der Waals surface area (Å²) in [6.07, 6.45) is 0. The molecule has 0 aromatic heterocycles. The van der Waals surface area contributed by atoms with Crippen LogP contribution in [0, 0.1) is 17.5 Å². The molecule has 0 unspecified atom stereocenters. The van der Waals surface area contributed by atoms with Crippen molar-refractivity contribution in [3.05, 3.63) is 57.8 Å².